The van der Waals surface area contributed by atoms with Gasteiger partial charge < -0.3 is 14.8 Å². The van der Waals surface area contributed by atoms with Crippen molar-refractivity contribution in [1.29, 1.82) is 5.26 Å². The summed E-state index contributed by atoms with van der Waals surface area (Å²) >= 11 is 0. The van der Waals surface area contributed by atoms with Crippen LogP contribution in [0.25, 0.3) is 0 Å². The Kier molecular flexibility index (Phi) is 5.59. The molecule has 0 atom stereocenters. The third-order valence-corrected chi connectivity index (χ3v) is 3.41. The highest BCUT2D eigenvalue weighted by Crippen LogP contribution is 2.25. The molecule has 0 saturated heterocycles. The number of aryl methyl sites for hydroxylation is 1. The van der Waals surface area contributed by atoms with Gasteiger partial charge in [-0.25, -0.2) is 0 Å². The van der Waals surface area contributed by atoms with Crippen LogP contribution in [0, 0.1) is 11.3 Å². The molecule has 2 aromatic rings. The summed E-state index contributed by atoms with van der Waals surface area (Å²) in [5.74, 6) is 1.37. The van der Waals surface area contributed by atoms with Gasteiger partial charge in [0.1, 0.15) is 11.5 Å². The molecule has 0 spiro atoms. The number of rotatable bonds is 6. The Labute approximate surface area is 135 Å². The van der Waals surface area contributed by atoms with Crippen molar-refractivity contribution >= 4 is 11.6 Å². The Bertz CT molecular complexity index is 718. The van der Waals surface area contributed by atoms with E-state index >= 15 is 0 Å². The minimum absolute atomic E-state index is 0.0976. The molecule has 0 radical (unpaired) electrons. The van der Waals surface area contributed by atoms with Crippen LogP contribution in [0.3, 0.4) is 0 Å². The van der Waals surface area contributed by atoms with Gasteiger partial charge in [-0.1, -0.05) is 0 Å². The molecular weight excluding hydrogens is 292 g/mol. The number of carbonyl (C=O) groups is 1. The highest BCUT2D eigenvalue weighted by molar-refractivity contribution is 5.90. The minimum atomic E-state index is -0.0976. The second-order valence-electron chi connectivity index (χ2n) is 4.92. The Hall–Kier alpha value is -3.00. The van der Waals surface area contributed by atoms with Crippen molar-refractivity contribution in [3.8, 4) is 17.6 Å². The van der Waals surface area contributed by atoms with Gasteiger partial charge in [0.05, 0.1) is 25.9 Å². The Morgan fingerprint density at radius 1 is 1.13 bits per heavy atom. The summed E-state index contributed by atoms with van der Waals surface area (Å²) < 4.78 is 10.5. The summed E-state index contributed by atoms with van der Waals surface area (Å²) in [5, 5.41) is 11.6. The summed E-state index contributed by atoms with van der Waals surface area (Å²) in [6.45, 7) is 0. The highest BCUT2D eigenvalue weighted by Gasteiger charge is 2.09. The summed E-state index contributed by atoms with van der Waals surface area (Å²) in [6.07, 6.45) is 0.867. The van der Waals surface area contributed by atoms with Gasteiger partial charge in [-0.2, -0.15) is 5.26 Å². The van der Waals surface area contributed by atoms with Crippen molar-refractivity contribution in [3.05, 3.63) is 53.6 Å². The van der Waals surface area contributed by atoms with Crippen molar-refractivity contribution in [3.63, 3.8) is 0 Å². The number of nitriles is 1. The largest absolute Gasteiger partial charge is 0.497 e. The van der Waals surface area contributed by atoms with E-state index < -0.39 is 0 Å². The fraction of sp³-hybridized carbons (Fsp3) is 0.222. The monoisotopic (exact) mass is 310 g/mol. The first kappa shape index (κ1) is 16.4. The summed E-state index contributed by atoms with van der Waals surface area (Å²) in [4.78, 5) is 12.0. The van der Waals surface area contributed by atoms with Crippen LogP contribution in [0.5, 0.6) is 11.5 Å². The zero-order chi connectivity index (χ0) is 16.7. The summed E-state index contributed by atoms with van der Waals surface area (Å²) in [7, 11) is 3.20. The topological polar surface area (TPSA) is 71.3 Å². The molecule has 5 nitrogen and oxygen atoms in total. The first-order valence-corrected chi connectivity index (χ1v) is 7.17. The smallest absolute Gasteiger partial charge is 0.224 e. The lowest BCUT2D eigenvalue weighted by Crippen LogP contribution is -2.12. The fourth-order valence-electron chi connectivity index (χ4n) is 2.18. The normalized spacial score (nSPS) is 9.78. The standard InChI is InChI=1S/C18H18N2O3/c1-22-16-8-9-17(23-2)14(11-16)5-10-18(21)20-15-6-3-13(12-19)4-7-15/h3-4,6-9,11H,5,10H2,1-2H3,(H,20,21). The lowest BCUT2D eigenvalue weighted by Gasteiger charge is -2.10. The van der Waals surface area contributed by atoms with Crippen LogP contribution in [0.2, 0.25) is 0 Å². The average molecular weight is 310 g/mol. The third kappa shape index (κ3) is 4.48. The van der Waals surface area contributed by atoms with Gasteiger partial charge in [-0.3, -0.25) is 4.79 Å². The molecule has 0 aliphatic heterocycles. The molecule has 2 aromatic carbocycles. The third-order valence-electron chi connectivity index (χ3n) is 3.41. The van der Waals surface area contributed by atoms with Crippen LogP contribution in [-0.2, 0) is 11.2 Å². The Morgan fingerprint density at radius 3 is 2.48 bits per heavy atom. The molecule has 0 aliphatic rings. The van der Waals surface area contributed by atoms with E-state index in [-0.39, 0.29) is 5.91 Å². The maximum atomic E-state index is 12.0. The lowest BCUT2D eigenvalue weighted by molar-refractivity contribution is -0.116. The average Bonchev–Trinajstić information content (AvgIpc) is 2.60. The molecular formula is C18H18N2O3. The number of anilines is 1. The first-order chi connectivity index (χ1) is 11.2. The molecule has 118 valence electrons. The SMILES string of the molecule is COc1ccc(OC)c(CCC(=O)Nc2ccc(C#N)cc2)c1. The predicted octanol–water partition coefficient (Wildman–Crippen LogP) is 3.15. The van der Waals surface area contributed by atoms with Crippen molar-refractivity contribution in [2.45, 2.75) is 12.8 Å². The number of carbonyl (C=O) groups excluding carboxylic acids is 1. The Balaban J connectivity index is 1.97. The molecule has 0 fully saturated rings. The molecule has 1 amide bonds. The quantitative estimate of drug-likeness (QED) is 0.889. The second-order valence-corrected chi connectivity index (χ2v) is 4.92. The fourth-order valence-corrected chi connectivity index (χ4v) is 2.18. The van der Waals surface area contributed by atoms with Crippen LogP contribution in [-0.4, -0.2) is 20.1 Å². The number of nitrogens with one attached hydrogen (secondary N) is 1. The van der Waals surface area contributed by atoms with Crippen LogP contribution in [0.15, 0.2) is 42.5 Å². The first-order valence-electron chi connectivity index (χ1n) is 7.17. The van der Waals surface area contributed by atoms with Gasteiger partial charge >= 0.3 is 0 Å². The van der Waals surface area contributed by atoms with E-state index in [2.05, 4.69) is 5.32 Å². The second kappa shape index (κ2) is 7.85. The number of benzene rings is 2. The minimum Gasteiger partial charge on any atom is -0.497 e. The number of ether oxygens (including phenoxy) is 2. The Morgan fingerprint density at radius 2 is 1.87 bits per heavy atom. The molecule has 0 bridgehead atoms. The van der Waals surface area contributed by atoms with Crippen molar-refractivity contribution in [2.24, 2.45) is 0 Å². The van der Waals surface area contributed by atoms with Crippen molar-refractivity contribution < 1.29 is 14.3 Å². The molecule has 0 aliphatic carbocycles. The maximum Gasteiger partial charge on any atom is 0.224 e. The lowest BCUT2D eigenvalue weighted by atomic mass is 10.1. The summed E-state index contributed by atoms with van der Waals surface area (Å²) in [5.41, 5.74) is 2.15. The van der Waals surface area contributed by atoms with E-state index in [0.717, 1.165) is 17.1 Å². The van der Waals surface area contributed by atoms with Crippen LogP contribution < -0.4 is 14.8 Å². The van der Waals surface area contributed by atoms with Crippen LogP contribution in [0.4, 0.5) is 5.69 Å². The molecule has 0 saturated carbocycles. The predicted molar refractivity (Wildman–Crippen MR) is 87.7 cm³/mol. The van der Waals surface area contributed by atoms with Gasteiger partial charge in [-0.05, 0) is 54.4 Å². The molecule has 23 heavy (non-hydrogen) atoms. The van der Waals surface area contributed by atoms with E-state index in [9.17, 15) is 4.79 Å². The van der Waals surface area contributed by atoms with Crippen LogP contribution >= 0.6 is 0 Å². The molecule has 0 aromatic heterocycles. The van der Waals surface area contributed by atoms with E-state index in [0.29, 0.717) is 24.1 Å². The molecule has 1 N–H and O–H groups in total. The number of hydrogen-bond donors (Lipinski definition) is 1. The molecule has 5 heteroatoms. The zero-order valence-electron chi connectivity index (χ0n) is 13.1. The molecule has 0 unspecified atom stereocenters. The zero-order valence-corrected chi connectivity index (χ0v) is 13.1. The van der Waals surface area contributed by atoms with Gasteiger partial charge in [0.25, 0.3) is 0 Å². The van der Waals surface area contributed by atoms with Gasteiger partial charge in [0, 0.05) is 12.1 Å². The summed E-state index contributed by atoms with van der Waals surface area (Å²) in [6, 6.07) is 14.3. The van der Waals surface area contributed by atoms with Crippen molar-refractivity contribution in [1.82, 2.24) is 0 Å². The van der Waals surface area contributed by atoms with Gasteiger partial charge in [0.15, 0.2) is 0 Å². The van der Waals surface area contributed by atoms with E-state index in [1.54, 1.807) is 38.5 Å². The van der Waals surface area contributed by atoms with Crippen LogP contribution in [0.1, 0.15) is 17.5 Å². The van der Waals surface area contributed by atoms with Gasteiger partial charge in [-0.15, -0.1) is 0 Å². The molecule has 2 rings (SSSR count). The van der Waals surface area contributed by atoms with E-state index in [1.807, 2.05) is 24.3 Å². The number of hydrogen-bond acceptors (Lipinski definition) is 4. The molecule has 0 heterocycles. The highest BCUT2D eigenvalue weighted by atomic mass is 16.5. The maximum absolute atomic E-state index is 12.0. The van der Waals surface area contributed by atoms with Crippen molar-refractivity contribution in [2.75, 3.05) is 19.5 Å². The number of nitrogens with zero attached hydrogens (tertiary/aromatic N) is 1. The van der Waals surface area contributed by atoms with E-state index in [1.165, 1.54) is 0 Å². The van der Waals surface area contributed by atoms with E-state index in [4.69, 9.17) is 14.7 Å². The number of amides is 1. The number of methoxy groups -OCH3 is 2. The van der Waals surface area contributed by atoms with Gasteiger partial charge in [0.2, 0.25) is 5.91 Å².